The van der Waals surface area contributed by atoms with Crippen molar-refractivity contribution < 1.29 is 20.1 Å². The average molecular weight is 517 g/mol. The number of phenols is 1. The third-order valence-corrected chi connectivity index (χ3v) is 4.11. The molecule has 0 unspecified atom stereocenters. The summed E-state index contributed by atoms with van der Waals surface area (Å²) in [6.07, 6.45) is 1.87. The van der Waals surface area contributed by atoms with E-state index in [1.165, 1.54) is 16.7 Å². The van der Waals surface area contributed by atoms with Crippen LogP contribution in [0.3, 0.4) is 0 Å². The van der Waals surface area contributed by atoms with Gasteiger partial charge in [-0.25, -0.2) is 0 Å². The molecule has 0 aliphatic rings. The minimum absolute atomic E-state index is 0.115. The second kappa shape index (κ2) is 10.2. The van der Waals surface area contributed by atoms with E-state index in [1.54, 1.807) is 0 Å². The molecule has 0 saturated heterocycles. The molecule has 0 aromatic heterocycles. The molecule has 0 aliphatic heterocycles. The van der Waals surface area contributed by atoms with Crippen LogP contribution < -0.4 is 0 Å². The molecule has 0 amide bonds. The molecular weight excluding hydrogens is 490 g/mol. The van der Waals surface area contributed by atoms with Crippen molar-refractivity contribution in [2.45, 2.75) is 53.9 Å². The predicted molar refractivity (Wildman–Crippen MR) is 117 cm³/mol. The summed E-state index contributed by atoms with van der Waals surface area (Å²) < 4.78 is 0. The van der Waals surface area contributed by atoms with Gasteiger partial charge in [-0.1, -0.05) is 44.5 Å². The van der Waals surface area contributed by atoms with Crippen LogP contribution in [-0.2, 0) is 20.4 Å². The summed E-state index contributed by atoms with van der Waals surface area (Å²) in [7, 11) is 0. The van der Waals surface area contributed by atoms with E-state index in [4.69, 9.17) is 0 Å². The number of halogens is 2. The molecule has 0 fully saturated rings. The first-order chi connectivity index (χ1) is 12.0. The number of aryl methyl sites for hydroxylation is 4. The molecule has 2 aromatic carbocycles. The van der Waals surface area contributed by atoms with Gasteiger partial charge in [-0.3, -0.25) is 4.99 Å². The van der Waals surface area contributed by atoms with E-state index in [9.17, 15) is 5.11 Å². The van der Waals surface area contributed by atoms with Gasteiger partial charge in [-0.2, -0.15) is 0 Å². The predicted octanol–water partition coefficient (Wildman–Crippen LogP) is 7.36. The minimum atomic E-state index is -0.115. The van der Waals surface area contributed by atoms with Crippen molar-refractivity contribution in [1.82, 2.24) is 0 Å². The maximum atomic E-state index is 10.6. The van der Waals surface area contributed by atoms with Crippen molar-refractivity contribution in [3.8, 4) is 5.75 Å². The topological polar surface area (TPSA) is 32.6 Å². The van der Waals surface area contributed by atoms with Crippen LogP contribution in [0.2, 0.25) is 0 Å². The number of phenolic OH excluding ortho intramolecular Hbond substituents is 1. The molecule has 1 N–H and O–H groups in total. The molecule has 2 rings (SSSR count). The van der Waals surface area contributed by atoms with Crippen LogP contribution in [0, 0.1) is 27.7 Å². The second-order valence-corrected chi connectivity index (χ2v) is 15.5. The summed E-state index contributed by atoms with van der Waals surface area (Å²) in [5.41, 5.74) is 7.34. The fourth-order valence-electron chi connectivity index (χ4n) is 2.96. The van der Waals surface area contributed by atoms with Gasteiger partial charge in [-0.05, 0) is 61.4 Å². The van der Waals surface area contributed by atoms with Gasteiger partial charge in [0.1, 0.15) is 11.4 Å². The van der Waals surface area contributed by atoms with Gasteiger partial charge in [0, 0.05) is 11.8 Å². The van der Waals surface area contributed by atoms with E-state index in [0.29, 0.717) is 5.69 Å². The summed E-state index contributed by atoms with van der Waals surface area (Å²) in [5.74, 6) is 0.279. The van der Waals surface area contributed by atoms with Gasteiger partial charge in [0.2, 0.25) is 0 Å². The molecule has 0 radical (unpaired) electrons. The Morgan fingerprint density at radius 3 is 1.85 bits per heavy atom. The Labute approximate surface area is 179 Å². The number of aliphatic imine (C=N–C) groups is 1. The van der Waals surface area contributed by atoms with E-state index in [-0.39, 0.29) is 26.1 Å². The summed E-state index contributed by atoms with van der Waals surface area (Å²) in [4.78, 5) is 4.59. The molecule has 0 saturated carbocycles. The first kappa shape index (κ1) is 23.6. The van der Waals surface area contributed by atoms with Crippen molar-refractivity contribution in [2.75, 3.05) is 0 Å². The van der Waals surface area contributed by atoms with Crippen molar-refractivity contribution in [3.63, 3.8) is 0 Å². The molecule has 0 aliphatic carbocycles. The first-order valence-corrected chi connectivity index (χ1v) is 16.2. The van der Waals surface area contributed by atoms with E-state index in [0.717, 1.165) is 16.7 Å². The van der Waals surface area contributed by atoms with E-state index in [2.05, 4.69) is 85.0 Å². The van der Waals surface area contributed by atoms with Crippen LogP contribution in [0.4, 0.5) is 5.69 Å². The summed E-state index contributed by atoms with van der Waals surface area (Å²) >= 11 is 6.50. The molecule has 0 bridgehead atoms. The molecule has 2 nitrogen and oxygen atoms in total. The Hall–Kier alpha value is -0.416. The van der Waals surface area contributed by atoms with Crippen LogP contribution in [0.1, 0.15) is 54.2 Å². The quantitative estimate of drug-likeness (QED) is 0.328. The average Bonchev–Trinajstić information content (AvgIpc) is 2.48. The Balaban J connectivity index is 0.00000105. The fourth-order valence-corrected chi connectivity index (χ4v) is 2.96. The third-order valence-electron chi connectivity index (χ3n) is 4.11. The molecule has 0 spiro atoms. The van der Waals surface area contributed by atoms with E-state index >= 15 is 0 Å². The molecule has 0 heterocycles. The van der Waals surface area contributed by atoms with Crippen molar-refractivity contribution in [2.24, 2.45) is 4.99 Å². The molecule has 2 aromatic rings. The first-order valence-electron chi connectivity index (χ1n) is 8.43. The van der Waals surface area contributed by atoms with Gasteiger partial charge in [0.15, 0.2) is 0 Å². The van der Waals surface area contributed by atoms with Crippen LogP contribution in [0.5, 0.6) is 5.75 Å². The third kappa shape index (κ3) is 6.63. The standard InChI is InChI=1S/C21H27NO.2BrH.Ti/c1-13-8-15(3)17(16(4)9-13)12-22-19-11-14(2)10-18(20(19)23)21(5,6)7;;;/h8-12,23H,1-7H3;2*1H;/q;;;+2/p-2. The van der Waals surface area contributed by atoms with Gasteiger partial charge in [-0.15, -0.1) is 0 Å². The van der Waals surface area contributed by atoms with E-state index < -0.39 is 0 Å². The Morgan fingerprint density at radius 1 is 0.923 bits per heavy atom. The van der Waals surface area contributed by atoms with Gasteiger partial charge in [0.25, 0.3) is 0 Å². The Morgan fingerprint density at radius 2 is 1.38 bits per heavy atom. The number of hydrogen-bond donors (Lipinski definition) is 1. The Bertz CT molecular complexity index is 772. The number of nitrogens with zero attached hydrogens (tertiary/aromatic N) is 1. The zero-order chi connectivity index (χ0) is 20.1. The molecule has 0 atom stereocenters. The van der Waals surface area contributed by atoms with Crippen LogP contribution in [0.25, 0.3) is 0 Å². The van der Waals surface area contributed by atoms with Crippen molar-refractivity contribution >= 4 is 38.2 Å². The van der Waals surface area contributed by atoms with Gasteiger partial charge >= 0.3 is 41.3 Å². The van der Waals surface area contributed by atoms with Crippen molar-refractivity contribution in [3.05, 3.63) is 57.6 Å². The fraction of sp³-hybridized carbons (Fsp3) is 0.381. The molecular formula is C21H27Br2NOTi. The Kier molecular flexibility index (Phi) is 9.28. The summed E-state index contributed by atoms with van der Waals surface area (Å²) in [6, 6.07) is 8.28. The molecule has 26 heavy (non-hydrogen) atoms. The SMILES string of the molecule is Cc1cc(C)c(C=Nc2cc(C)cc(C(C)(C)C)c2O)c(C)c1.[Br][Ti][Br]. The van der Waals surface area contributed by atoms with Crippen LogP contribution in [-0.4, -0.2) is 11.3 Å². The van der Waals surface area contributed by atoms with Crippen molar-refractivity contribution in [1.29, 1.82) is 0 Å². The van der Waals surface area contributed by atoms with Crippen LogP contribution >= 0.6 is 26.3 Å². The number of aromatic hydroxyl groups is 1. The number of hydrogen-bond acceptors (Lipinski definition) is 2. The number of rotatable bonds is 2. The zero-order valence-electron chi connectivity index (χ0n) is 16.5. The van der Waals surface area contributed by atoms with Crippen LogP contribution in [0.15, 0.2) is 29.3 Å². The normalized spacial score (nSPS) is 11.3. The summed E-state index contributed by atoms with van der Waals surface area (Å²) in [5, 5.41) is 10.6. The molecule has 140 valence electrons. The monoisotopic (exact) mass is 515 g/mol. The van der Waals surface area contributed by atoms with Gasteiger partial charge in [0.05, 0.1) is 0 Å². The van der Waals surface area contributed by atoms with E-state index in [1.807, 2.05) is 25.3 Å². The second-order valence-electron chi connectivity index (χ2n) is 7.57. The number of benzene rings is 2. The maximum absolute atomic E-state index is 10.6. The van der Waals surface area contributed by atoms with Gasteiger partial charge < -0.3 is 5.11 Å². The summed E-state index contributed by atoms with van der Waals surface area (Å²) in [6.45, 7) is 14.6. The zero-order valence-corrected chi connectivity index (χ0v) is 21.3. The molecule has 5 heteroatoms.